The van der Waals surface area contributed by atoms with Crippen LogP contribution in [0.15, 0.2) is 158 Å². The molecule has 0 radical (unpaired) electrons. The van der Waals surface area contributed by atoms with Gasteiger partial charge in [0.1, 0.15) is 55.0 Å². The topological polar surface area (TPSA) is 235 Å². The zero-order valence-corrected chi connectivity index (χ0v) is 73.3. The molecule has 123 heavy (non-hydrogen) atoms. The Bertz CT molecular complexity index is 6070. The summed E-state index contributed by atoms with van der Waals surface area (Å²) >= 11 is 6.75. The largest absolute Gasteiger partial charge is 0.496 e. The minimum Gasteiger partial charge on any atom is -0.496 e. The van der Waals surface area contributed by atoms with E-state index in [9.17, 15) is 36.7 Å². The molecule has 0 saturated heterocycles. The van der Waals surface area contributed by atoms with Crippen molar-refractivity contribution in [2.24, 2.45) is 0 Å². The van der Waals surface area contributed by atoms with E-state index in [0.29, 0.717) is 79.7 Å². The van der Waals surface area contributed by atoms with Gasteiger partial charge in [0.2, 0.25) is 23.6 Å². The average Bonchev–Trinajstić information content (AvgIpc) is 1.65. The number of benzene rings is 5. The van der Waals surface area contributed by atoms with Gasteiger partial charge in [-0.15, -0.1) is 45.3 Å². The second-order valence-electron chi connectivity index (χ2n) is 30.5. The molecular formula is C92H93F4N17O6S4. The molecule has 0 unspecified atom stereocenters. The van der Waals surface area contributed by atoms with Crippen molar-refractivity contribution in [2.45, 2.75) is 160 Å². The standard InChI is InChI=1S/C27H28N4O2S.C23H19F2N5O2S.C22H25FN4OS.C20H21FN4OS/c1-18-15-21(9-10-25(18)33-3)23-16-24(20-7-5-4-6-8-20)31(29-23)17-27(32)30-13-11-22-26(12-14-30)34-19(2)28-22;1-14-27-19-11-29(12-21(19)33-14)22(31)13-30-20(15-5-3-2-4-6-15)9-18(28-30)17-8-7-16(10-26-17)32-23(24)25;1-4-17-12-20(16-6-5-14(2)18(23)11-16)25-27(17)13-22(28)26-9-7-19-21(8-10-26)29-15(3)24-19;1-4-15-8-17(14-6-5-12(2)16(21)7-14)23-25(15)11-20(26)24-9-18-19(10-24)27-13(3)22-18/h4-10,15-16H,11-14,17H2,1-3H3;2-10,23H,11-13H2,1H3;5-6,11-12H,4,7-10,13H2,1-3H3;5-8H,4,9-11H2,1-3H3. The van der Waals surface area contributed by atoms with Crippen LogP contribution in [0.5, 0.6) is 11.5 Å². The number of methoxy groups -OCH3 is 1. The summed E-state index contributed by atoms with van der Waals surface area (Å²) in [5.74, 6) is 0.448. The Labute approximate surface area is 726 Å². The first-order chi connectivity index (χ1) is 59.3. The van der Waals surface area contributed by atoms with Gasteiger partial charge in [-0.1, -0.05) is 98.8 Å². The number of hydrogen-bond donors (Lipinski definition) is 0. The predicted molar refractivity (Wildman–Crippen MR) is 469 cm³/mol. The lowest BCUT2D eigenvalue weighted by Crippen LogP contribution is -2.36. The number of aromatic nitrogens is 13. The molecule has 18 rings (SSSR count). The highest BCUT2D eigenvalue weighted by molar-refractivity contribution is 7.12. The van der Waals surface area contributed by atoms with Crippen molar-refractivity contribution in [3.63, 3.8) is 0 Å². The molecule has 4 amide bonds. The number of fused-ring (bicyclic) bond motifs is 4. The van der Waals surface area contributed by atoms with Gasteiger partial charge in [0.05, 0.1) is 116 Å². The van der Waals surface area contributed by atoms with Crippen molar-refractivity contribution in [2.75, 3.05) is 33.3 Å². The molecule has 13 heterocycles. The molecule has 31 heteroatoms. The quantitative estimate of drug-likeness (QED) is 0.0685. The Morgan fingerprint density at radius 3 is 1.22 bits per heavy atom. The number of hydrogen-bond acceptors (Lipinski definition) is 19. The van der Waals surface area contributed by atoms with Crippen molar-refractivity contribution < 1.29 is 46.2 Å². The highest BCUT2D eigenvalue weighted by Gasteiger charge is 2.32. The van der Waals surface area contributed by atoms with Crippen molar-refractivity contribution in [3.8, 4) is 79.2 Å². The lowest BCUT2D eigenvalue weighted by molar-refractivity contribution is -0.133. The number of aryl methyl sites for hydroxylation is 9. The van der Waals surface area contributed by atoms with Crippen LogP contribution in [0.2, 0.25) is 0 Å². The number of rotatable bonds is 19. The fraction of sp³-hybridized carbons (Fsp3) is 0.315. The first-order valence-electron chi connectivity index (χ1n) is 40.8. The van der Waals surface area contributed by atoms with Crippen molar-refractivity contribution >= 4 is 69.0 Å². The summed E-state index contributed by atoms with van der Waals surface area (Å²) in [5.41, 5.74) is 17.8. The third kappa shape index (κ3) is 20.3. The van der Waals surface area contributed by atoms with Crippen LogP contribution in [-0.4, -0.2) is 147 Å². The number of thiazole rings is 4. The van der Waals surface area contributed by atoms with Gasteiger partial charge < -0.3 is 29.1 Å². The van der Waals surface area contributed by atoms with Gasteiger partial charge in [-0.3, -0.25) is 42.9 Å². The summed E-state index contributed by atoms with van der Waals surface area (Å²) in [6.45, 7) is 20.4. The van der Waals surface area contributed by atoms with Crippen LogP contribution >= 0.6 is 45.3 Å². The number of halogens is 4. The summed E-state index contributed by atoms with van der Waals surface area (Å²) in [5, 5.41) is 22.9. The van der Waals surface area contributed by atoms with E-state index < -0.39 is 6.61 Å². The Morgan fingerprint density at radius 1 is 0.398 bits per heavy atom. The minimum absolute atomic E-state index is 0.0253. The summed E-state index contributed by atoms with van der Waals surface area (Å²) in [7, 11) is 1.68. The Kier molecular flexibility index (Phi) is 26.5. The Balaban J connectivity index is 0.000000128. The number of carbonyl (C=O) groups excluding carboxylic acids is 4. The zero-order valence-electron chi connectivity index (χ0n) is 70.0. The van der Waals surface area contributed by atoms with E-state index in [1.807, 2.05) is 159 Å². The molecule has 634 valence electrons. The fourth-order valence-electron chi connectivity index (χ4n) is 15.4. The highest BCUT2D eigenvalue weighted by atomic mass is 32.1. The molecule has 23 nitrogen and oxygen atoms in total. The second kappa shape index (κ2) is 38.1. The van der Waals surface area contributed by atoms with Crippen molar-refractivity contribution in [3.05, 3.63) is 260 Å². The number of ether oxygens (including phenoxy) is 2. The molecule has 0 bridgehead atoms. The van der Waals surface area contributed by atoms with Crippen LogP contribution in [0.3, 0.4) is 0 Å². The molecule has 0 N–H and O–H groups in total. The molecule has 0 saturated carbocycles. The Morgan fingerprint density at radius 2 is 0.797 bits per heavy atom. The van der Waals surface area contributed by atoms with E-state index in [1.165, 1.54) is 39.0 Å². The average molecular weight is 1740 g/mol. The third-order valence-corrected chi connectivity index (χ3v) is 26.0. The van der Waals surface area contributed by atoms with Crippen LogP contribution in [-0.2, 0) is 110 Å². The molecule has 0 fully saturated rings. The molecule has 0 spiro atoms. The second-order valence-corrected chi connectivity index (χ2v) is 35.6. The summed E-state index contributed by atoms with van der Waals surface area (Å²) in [4.78, 5) is 87.0. The summed E-state index contributed by atoms with van der Waals surface area (Å²) in [6.07, 6.45) is 6.09. The summed E-state index contributed by atoms with van der Waals surface area (Å²) < 4.78 is 69.5. The smallest absolute Gasteiger partial charge is 0.387 e. The van der Waals surface area contributed by atoms with E-state index in [-0.39, 0.29) is 67.2 Å². The maximum Gasteiger partial charge on any atom is 0.387 e. The monoisotopic (exact) mass is 1740 g/mol. The maximum atomic E-state index is 14.0. The van der Waals surface area contributed by atoms with Gasteiger partial charge >= 0.3 is 6.61 Å². The van der Waals surface area contributed by atoms with E-state index in [0.717, 1.165) is 160 Å². The van der Waals surface area contributed by atoms with Gasteiger partial charge in [0, 0.05) is 99.4 Å². The predicted octanol–water partition coefficient (Wildman–Crippen LogP) is 17.3. The number of amides is 4. The van der Waals surface area contributed by atoms with Gasteiger partial charge in [-0.2, -0.15) is 29.2 Å². The highest BCUT2D eigenvalue weighted by Crippen LogP contribution is 2.36. The van der Waals surface area contributed by atoms with Gasteiger partial charge in [-0.25, -0.2) is 28.7 Å². The van der Waals surface area contributed by atoms with Crippen LogP contribution in [0.4, 0.5) is 17.6 Å². The van der Waals surface area contributed by atoms with Crippen LogP contribution in [0.1, 0.15) is 104 Å². The SMILES string of the molecule is CCc1cc(-c2ccc(C)c(F)c2)nn1CC(=O)N1CCc2nc(C)sc2CC1.CCc1cc(-c2ccc(C)c(F)c2)nn1CC(=O)N1Cc2nc(C)sc2C1.COc1ccc(-c2cc(-c3ccccc3)n(CC(=O)N3CCc4nc(C)sc4CC3)n2)cc1C.Cc1nc2c(s1)CN(C(=O)Cn1nc(-c3ccc(OC(F)F)cn3)cc1-c1ccccc1)C2. The lowest BCUT2D eigenvalue weighted by Gasteiger charge is -2.20. The van der Waals surface area contributed by atoms with E-state index in [1.54, 1.807) is 103 Å². The van der Waals surface area contributed by atoms with Gasteiger partial charge in [0.25, 0.3) is 0 Å². The van der Waals surface area contributed by atoms with Gasteiger partial charge in [-0.05, 0) is 156 Å². The first-order valence-corrected chi connectivity index (χ1v) is 44.0. The molecular weight excluding hydrogens is 1640 g/mol. The van der Waals surface area contributed by atoms with Crippen LogP contribution in [0, 0.1) is 60.1 Å². The maximum absolute atomic E-state index is 14.0. The van der Waals surface area contributed by atoms with Crippen molar-refractivity contribution in [1.29, 1.82) is 0 Å². The molecule has 0 atom stereocenters. The first kappa shape index (κ1) is 85.8. The minimum atomic E-state index is -2.91. The third-order valence-electron chi connectivity index (χ3n) is 21.9. The van der Waals surface area contributed by atoms with Gasteiger partial charge in [0.15, 0.2) is 0 Å². The van der Waals surface area contributed by atoms with Crippen molar-refractivity contribution in [1.82, 2.24) is 83.6 Å². The fourth-order valence-corrected chi connectivity index (χ4v) is 19.3. The molecule has 9 aromatic heterocycles. The number of alkyl halides is 2. The summed E-state index contributed by atoms with van der Waals surface area (Å²) in [6, 6.07) is 46.8. The molecule has 4 aliphatic heterocycles. The Hall–Kier alpha value is -12.2. The van der Waals surface area contributed by atoms with E-state index in [4.69, 9.17) is 9.84 Å². The van der Waals surface area contributed by atoms with Crippen LogP contribution in [0.25, 0.3) is 67.7 Å². The number of nitrogens with zero attached hydrogens (tertiary/aromatic N) is 17. The van der Waals surface area contributed by atoms with E-state index >= 15 is 0 Å². The molecule has 14 aromatic rings. The normalized spacial score (nSPS) is 13.4. The van der Waals surface area contributed by atoms with E-state index in [2.05, 4.69) is 69.2 Å². The number of pyridine rings is 1. The molecule has 5 aromatic carbocycles. The van der Waals surface area contributed by atoms with Crippen LogP contribution < -0.4 is 9.47 Å². The molecule has 4 aliphatic rings. The molecule has 0 aliphatic carbocycles. The zero-order chi connectivity index (χ0) is 86.3. The lowest BCUT2D eigenvalue weighted by atomic mass is 10.1. The number of carbonyl (C=O) groups is 4.